The average Bonchev–Trinajstić information content (AvgIpc) is 3.03. The average molecular weight is 330 g/mol. The number of fused-ring (bicyclic) bond motifs is 1. The van der Waals surface area contributed by atoms with Gasteiger partial charge in [-0.2, -0.15) is 0 Å². The number of para-hydroxylation sites is 1. The Kier molecular flexibility index (Phi) is 4.74. The molecule has 1 aromatic carbocycles. The van der Waals surface area contributed by atoms with Crippen molar-refractivity contribution in [2.45, 2.75) is 25.8 Å². The number of carboxylic acids is 1. The number of likely N-dealkylation sites (tertiary alicyclic amines) is 1. The number of hydrogen-bond donors (Lipinski definition) is 1. The van der Waals surface area contributed by atoms with Crippen LogP contribution in [0.2, 0.25) is 0 Å². The van der Waals surface area contributed by atoms with E-state index in [0.717, 1.165) is 16.7 Å². The number of methoxy groups -OCH3 is 1. The molecule has 24 heavy (non-hydrogen) atoms. The molecule has 2 aromatic rings. The topological polar surface area (TPSA) is 71.8 Å². The first-order chi connectivity index (χ1) is 11.6. The van der Waals surface area contributed by atoms with Gasteiger partial charge in [0.15, 0.2) is 0 Å². The Morgan fingerprint density at radius 3 is 2.67 bits per heavy atom. The summed E-state index contributed by atoms with van der Waals surface area (Å²) in [6, 6.07) is 7.90. The molecular weight excluding hydrogens is 308 g/mol. The number of aromatic nitrogens is 1. The maximum Gasteiger partial charge on any atom is 0.306 e. The van der Waals surface area contributed by atoms with Gasteiger partial charge in [-0.1, -0.05) is 12.1 Å². The molecule has 1 fully saturated rings. The molecule has 0 atom stereocenters. The van der Waals surface area contributed by atoms with Gasteiger partial charge in [-0.3, -0.25) is 9.59 Å². The predicted molar refractivity (Wildman–Crippen MR) is 90.0 cm³/mol. The van der Waals surface area contributed by atoms with Crippen LogP contribution in [0.25, 0.3) is 10.9 Å². The molecule has 0 radical (unpaired) electrons. The van der Waals surface area contributed by atoms with E-state index in [0.29, 0.717) is 38.9 Å². The third kappa shape index (κ3) is 3.22. The number of ether oxygens (including phenoxy) is 1. The monoisotopic (exact) mass is 330 g/mol. The lowest BCUT2D eigenvalue weighted by atomic mass is 9.97. The van der Waals surface area contributed by atoms with Crippen molar-refractivity contribution >= 4 is 22.8 Å². The second kappa shape index (κ2) is 6.95. The first-order valence-corrected chi connectivity index (χ1v) is 8.22. The fourth-order valence-corrected chi connectivity index (χ4v) is 3.33. The zero-order valence-corrected chi connectivity index (χ0v) is 13.8. The van der Waals surface area contributed by atoms with Crippen LogP contribution >= 0.6 is 0 Å². The summed E-state index contributed by atoms with van der Waals surface area (Å²) in [6.07, 6.45) is 3.46. The van der Waals surface area contributed by atoms with Crippen LogP contribution < -0.4 is 4.74 Å². The standard InChI is InChI=1S/C18H22N2O4/c1-24-15-4-2-3-13-5-11-20(17(13)15)12-8-16(21)19-9-6-14(7-10-19)18(22)23/h2-5,11,14H,6-10,12H2,1H3,(H,22,23). The van der Waals surface area contributed by atoms with Crippen LogP contribution in [0.1, 0.15) is 19.3 Å². The molecule has 1 aliphatic heterocycles. The van der Waals surface area contributed by atoms with Crippen molar-refractivity contribution < 1.29 is 19.4 Å². The maximum absolute atomic E-state index is 12.4. The Morgan fingerprint density at radius 1 is 1.25 bits per heavy atom. The highest BCUT2D eigenvalue weighted by atomic mass is 16.5. The summed E-state index contributed by atoms with van der Waals surface area (Å²) in [5, 5.41) is 10.1. The number of piperidine rings is 1. The molecule has 0 aliphatic carbocycles. The predicted octanol–water partition coefficient (Wildman–Crippen LogP) is 2.36. The second-order valence-electron chi connectivity index (χ2n) is 6.15. The number of carboxylic acid groups (broad SMARTS) is 1. The highest BCUT2D eigenvalue weighted by Gasteiger charge is 2.26. The SMILES string of the molecule is COc1cccc2ccn(CCC(=O)N3CCC(C(=O)O)CC3)c12. The van der Waals surface area contributed by atoms with E-state index in [9.17, 15) is 9.59 Å². The van der Waals surface area contributed by atoms with E-state index in [1.165, 1.54) is 0 Å². The van der Waals surface area contributed by atoms with Gasteiger partial charge in [-0.25, -0.2) is 0 Å². The van der Waals surface area contributed by atoms with Crippen LogP contribution in [0.5, 0.6) is 5.75 Å². The molecule has 6 nitrogen and oxygen atoms in total. The minimum Gasteiger partial charge on any atom is -0.495 e. The summed E-state index contributed by atoms with van der Waals surface area (Å²) in [7, 11) is 1.64. The zero-order chi connectivity index (χ0) is 17.1. The largest absolute Gasteiger partial charge is 0.495 e. The number of carbonyl (C=O) groups is 2. The molecule has 128 valence electrons. The first-order valence-electron chi connectivity index (χ1n) is 8.22. The molecule has 1 N–H and O–H groups in total. The molecule has 3 rings (SSSR count). The number of carbonyl (C=O) groups excluding carboxylic acids is 1. The van der Waals surface area contributed by atoms with E-state index < -0.39 is 5.97 Å². The van der Waals surface area contributed by atoms with Gasteiger partial charge < -0.3 is 19.3 Å². The van der Waals surface area contributed by atoms with Gasteiger partial charge in [-0.15, -0.1) is 0 Å². The van der Waals surface area contributed by atoms with E-state index in [-0.39, 0.29) is 11.8 Å². The Morgan fingerprint density at radius 2 is 2.00 bits per heavy atom. The molecule has 1 aromatic heterocycles. The van der Waals surface area contributed by atoms with Crippen molar-refractivity contribution in [1.29, 1.82) is 0 Å². The van der Waals surface area contributed by atoms with Crippen LogP contribution in [0.4, 0.5) is 0 Å². The fraction of sp³-hybridized carbons (Fsp3) is 0.444. The molecule has 1 amide bonds. The van der Waals surface area contributed by atoms with Crippen LogP contribution in [-0.4, -0.2) is 46.6 Å². The molecule has 0 unspecified atom stereocenters. The fourth-order valence-electron chi connectivity index (χ4n) is 3.33. The van der Waals surface area contributed by atoms with Crippen LogP contribution in [0.15, 0.2) is 30.5 Å². The summed E-state index contributed by atoms with van der Waals surface area (Å²) in [4.78, 5) is 25.2. The second-order valence-corrected chi connectivity index (χ2v) is 6.15. The summed E-state index contributed by atoms with van der Waals surface area (Å²) in [5.41, 5.74) is 0.998. The molecule has 1 aliphatic rings. The smallest absolute Gasteiger partial charge is 0.306 e. The normalized spacial score (nSPS) is 15.6. The quantitative estimate of drug-likeness (QED) is 0.913. The van der Waals surface area contributed by atoms with Crippen molar-refractivity contribution in [2.75, 3.05) is 20.2 Å². The van der Waals surface area contributed by atoms with Crippen molar-refractivity contribution in [3.63, 3.8) is 0 Å². The van der Waals surface area contributed by atoms with Crippen LogP contribution in [0, 0.1) is 5.92 Å². The van der Waals surface area contributed by atoms with E-state index in [4.69, 9.17) is 9.84 Å². The Bertz CT molecular complexity index is 745. The minimum atomic E-state index is -0.756. The van der Waals surface area contributed by atoms with Gasteiger partial charge in [0.1, 0.15) is 5.75 Å². The van der Waals surface area contributed by atoms with Crippen molar-refractivity contribution in [1.82, 2.24) is 9.47 Å². The molecule has 1 saturated heterocycles. The lowest BCUT2D eigenvalue weighted by Crippen LogP contribution is -2.40. The third-order valence-electron chi connectivity index (χ3n) is 4.73. The molecular formula is C18H22N2O4. The van der Waals surface area contributed by atoms with E-state index in [2.05, 4.69) is 0 Å². The number of benzene rings is 1. The van der Waals surface area contributed by atoms with Crippen molar-refractivity contribution in [3.05, 3.63) is 30.5 Å². The molecule has 0 spiro atoms. The highest BCUT2D eigenvalue weighted by Crippen LogP contribution is 2.26. The van der Waals surface area contributed by atoms with E-state index >= 15 is 0 Å². The molecule has 0 saturated carbocycles. The van der Waals surface area contributed by atoms with Crippen LogP contribution in [0.3, 0.4) is 0 Å². The maximum atomic E-state index is 12.4. The van der Waals surface area contributed by atoms with Gasteiger partial charge in [-0.05, 0) is 25.0 Å². The molecule has 2 heterocycles. The molecule has 0 bridgehead atoms. The number of amides is 1. The van der Waals surface area contributed by atoms with Gasteiger partial charge in [0.2, 0.25) is 5.91 Å². The van der Waals surface area contributed by atoms with Gasteiger partial charge >= 0.3 is 5.97 Å². The summed E-state index contributed by atoms with van der Waals surface area (Å²) >= 11 is 0. The Labute approximate surface area is 140 Å². The van der Waals surface area contributed by atoms with Crippen LogP contribution in [-0.2, 0) is 16.1 Å². The summed E-state index contributed by atoms with van der Waals surface area (Å²) in [6.45, 7) is 1.65. The van der Waals surface area contributed by atoms with E-state index in [1.54, 1.807) is 12.0 Å². The third-order valence-corrected chi connectivity index (χ3v) is 4.73. The highest BCUT2D eigenvalue weighted by molar-refractivity contribution is 5.86. The first kappa shape index (κ1) is 16.4. The van der Waals surface area contributed by atoms with Gasteiger partial charge in [0.25, 0.3) is 0 Å². The number of nitrogens with zero attached hydrogens (tertiary/aromatic N) is 2. The zero-order valence-electron chi connectivity index (χ0n) is 13.8. The lowest BCUT2D eigenvalue weighted by molar-refractivity contribution is -0.145. The van der Waals surface area contributed by atoms with Gasteiger partial charge in [0.05, 0.1) is 18.5 Å². The number of aryl methyl sites for hydroxylation is 1. The number of hydrogen-bond acceptors (Lipinski definition) is 3. The van der Waals surface area contributed by atoms with Gasteiger partial charge in [0, 0.05) is 37.6 Å². The minimum absolute atomic E-state index is 0.0792. The number of rotatable bonds is 5. The Hall–Kier alpha value is -2.50. The van der Waals surface area contributed by atoms with Crippen molar-refractivity contribution in [2.24, 2.45) is 5.92 Å². The number of aliphatic carboxylic acids is 1. The summed E-state index contributed by atoms with van der Waals surface area (Å²) < 4.78 is 7.45. The van der Waals surface area contributed by atoms with Crippen molar-refractivity contribution in [3.8, 4) is 5.75 Å². The summed E-state index contributed by atoms with van der Waals surface area (Å²) in [5.74, 6) is -0.192. The molecule has 6 heteroatoms. The Balaban J connectivity index is 1.62. The van der Waals surface area contributed by atoms with E-state index in [1.807, 2.05) is 35.0 Å². The lowest BCUT2D eigenvalue weighted by Gasteiger charge is -2.30.